The first-order valence-electron chi connectivity index (χ1n) is 8.08. The molecule has 1 amide bonds. The Morgan fingerprint density at radius 1 is 1.23 bits per heavy atom. The molecule has 0 radical (unpaired) electrons. The summed E-state index contributed by atoms with van der Waals surface area (Å²) in [6.45, 7) is 0.620. The van der Waals surface area contributed by atoms with Crippen LogP contribution < -0.4 is 19.5 Å². The van der Waals surface area contributed by atoms with Crippen LogP contribution in [-0.2, 0) is 6.54 Å². The Labute approximate surface area is 149 Å². The Bertz CT molecular complexity index is 938. The maximum absolute atomic E-state index is 12.5. The number of nitrogens with zero attached hydrogens (tertiary/aromatic N) is 1. The highest BCUT2D eigenvalue weighted by Gasteiger charge is 2.15. The molecule has 0 unspecified atom stereocenters. The number of hydrogen-bond donors (Lipinski definition) is 2. The molecule has 3 aromatic rings. The van der Waals surface area contributed by atoms with E-state index < -0.39 is 0 Å². The molecule has 1 aromatic heterocycles. The molecule has 26 heavy (non-hydrogen) atoms. The Morgan fingerprint density at radius 2 is 2.12 bits per heavy atom. The monoisotopic (exact) mass is 351 g/mol. The first kappa shape index (κ1) is 16.0. The van der Waals surface area contributed by atoms with E-state index in [2.05, 4.69) is 15.5 Å². The molecule has 2 aromatic carbocycles. The summed E-state index contributed by atoms with van der Waals surface area (Å²) >= 11 is 0. The SMILES string of the molecule is COc1cc(C(=O)NCc2ccc3c(c2)OCO3)ccc1-c1cn[nH]c1. The van der Waals surface area contributed by atoms with Gasteiger partial charge in [-0.3, -0.25) is 9.89 Å². The van der Waals surface area contributed by atoms with Gasteiger partial charge in [0.1, 0.15) is 5.75 Å². The smallest absolute Gasteiger partial charge is 0.251 e. The standard InChI is InChI=1S/C19H17N3O4/c1-24-17-7-13(3-4-15(17)14-9-21-22-10-14)19(23)20-8-12-2-5-16-18(6-12)26-11-25-16/h2-7,9-10H,8,11H2,1H3,(H,20,23)(H,21,22). The summed E-state index contributed by atoms with van der Waals surface area (Å²) in [6, 6.07) is 10.9. The van der Waals surface area contributed by atoms with Crippen molar-refractivity contribution in [3.8, 4) is 28.4 Å². The third kappa shape index (κ3) is 3.06. The molecule has 0 aliphatic carbocycles. The van der Waals surface area contributed by atoms with E-state index in [1.54, 1.807) is 31.6 Å². The number of hydrogen-bond acceptors (Lipinski definition) is 5. The normalized spacial score (nSPS) is 12.0. The molecule has 1 aliphatic heterocycles. The van der Waals surface area contributed by atoms with E-state index in [9.17, 15) is 4.79 Å². The van der Waals surface area contributed by atoms with E-state index in [1.165, 1.54) is 0 Å². The minimum atomic E-state index is -0.181. The zero-order valence-corrected chi connectivity index (χ0v) is 14.1. The van der Waals surface area contributed by atoms with Crippen LogP contribution in [0.2, 0.25) is 0 Å². The summed E-state index contributed by atoms with van der Waals surface area (Å²) in [5.74, 6) is 1.85. The van der Waals surface area contributed by atoms with Gasteiger partial charge in [-0.1, -0.05) is 6.07 Å². The summed E-state index contributed by atoms with van der Waals surface area (Å²) < 4.78 is 16.1. The number of carbonyl (C=O) groups excluding carboxylic acids is 1. The van der Waals surface area contributed by atoms with Gasteiger partial charge in [-0.05, 0) is 35.9 Å². The molecule has 2 N–H and O–H groups in total. The second-order valence-corrected chi connectivity index (χ2v) is 5.77. The van der Waals surface area contributed by atoms with Gasteiger partial charge in [0, 0.05) is 29.4 Å². The first-order chi connectivity index (χ1) is 12.7. The van der Waals surface area contributed by atoms with Crippen molar-refractivity contribution in [2.75, 3.05) is 13.9 Å². The van der Waals surface area contributed by atoms with Gasteiger partial charge in [0.15, 0.2) is 11.5 Å². The number of H-pyrrole nitrogens is 1. The van der Waals surface area contributed by atoms with Crippen molar-refractivity contribution in [3.05, 3.63) is 59.9 Å². The Kier molecular flexibility index (Phi) is 4.18. The van der Waals surface area contributed by atoms with Crippen molar-refractivity contribution in [2.24, 2.45) is 0 Å². The molecular weight excluding hydrogens is 334 g/mol. The zero-order chi connectivity index (χ0) is 17.9. The molecular formula is C19H17N3O4. The van der Waals surface area contributed by atoms with E-state index >= 15 is 0 Å². The summed E-state index contributed by atoms with van der Waals surface area (Å²) in [5.41, 5.74) is 3.22. The summed E-state index contributed by atoms with van der Waals surface area (Å²) in [4.78, 5) is 12.5. The third-order valence-corrected chi connectivity index (χ3v) is 4.16. The Balaban J connectivity index is 1.48. The second kappa shape index (κ2) is 6.79. The maximum atomic E-state index is 12.5. The lowest BCUT2D eigenvalue weighted by Gasteiger charge is -2.10. The number of benzene rings is 2. The molecule has 4 rings (SSSR count). The van der Waals surface area contributed by atoms with Crippen molar-refractivity contribution in [2.45, 2.75) is 6.54 Å². The predicted octanol–water partition coefficient (Wildman–Crippen LogP) is 2.74. The number of rotatable bonds is 5. The molecule has 0 bridgehead atoms. The van der Waals surface area contributed by atoms with E-state index in [0.717, 1.165) is 22.4 Å². The van der Waals surface area contributed by atoms with Crippen LogP contribution in [0.3, 0.4) is 0 Å². The molecule has 7 nitrogen and oxygen atoms in total. The van der Waals surface area contributed by atoms with Crippen LogP contribution in [0.5, 0.6) is 17.2 Å². The number of aromatic nitrogens is 2. The molecule has 2 heterocycles. The zero-order valence-electron chi connectivity index (χ0n) is 14.1. The first-order valence-corrected chi connectivity index (χ1v) is 8.08. The molecule has 132 valence electrons. The highest BCUT2D eigenvalue weighted by Crippen LogP contribution is 2.32. The Hall–Kier alpha value is -3.48. The molecule has 0 saturated heterocycles. The topological polar surface area (TPSA) is 85.5 Å². The largest absolute Gasteiger partial charge is 0.496 e. The number of ether oxygens (including phenoxy) is 3. The summed E-state index contributed by atoms with van der Waals surface area (Å²) in [5, 5.41) is 9.61. The van der Waals surface area contributed by atoms with Crippen LogP contribution in [-0.4, -0.2) is 30.0 Å². The number of carbonyl (C=O) groups is 1. The van der Waals surface area contributed by atoms with Crippen molar-refractivity contribution in [1.82, 2.24) is 15.5 Å². The van der Waals surface area contributed by atoms with Gasteiger partial charge in [-0.15, -0.1) is 0 Å². The van der Waals surface area contributed by atoms with Crippen molar-refractivity contribution in [1.29, 1.82) is 0 Å². The quantitative estimate of drug-likeness (QED) is 0.738. The van der Waals surface area contributed by atoms with Gasteiger partial charge >= 0.3 is 0 Å². The maximum Gasteiger partial charge on any atom is 0.251 e. The van der Waals surface area contributed by atoms with Crippen molar-refractivity contribution < 1.29 is 19.0 Å². The molecule has 1 aliphatic rings. The lowest BCUT2D eigenvalue weighted by atomic mass is 10.0. The van der Waals surface area contributed by atoms with Gasteiger partial charge in [0.05, 0.1) is 13.3 Å². The van der Waals surface area contributed by atoms with Crippen LogP contribution in [0.1, 0.15) is 15.9 Å². The average molecular weight is 351 g/mol. The number of nitrogens with one attached hydrogen (secondary N) is 2. The molecule has 0 atom stereocenters. The fraction of sp³-hybridized carbons (Fsp3) is 0.158. The summed E-state index contributed by atoms with van der Waals surface area (Å²) in [7, 11) is 1.58. The number of methoxy groups -OCH3 is 1. The minimum absolute atomic E-state index is 0.181. The van der Waals surface area contributed by atoms with E-state index in [4.69, 9.17) is 14.2 Å². The van der Waals surface area contributed by atoms with E-state index in [1.807, 2.05) is 24.3 Å². The van der Waals surface area contributed by atoms with Crippen LogP contribution in [0.15, 0.2) is 48.8 Å². The number of amides is 1. The second-order valence-electron chi connectivity index (χ2n) is 5.77. The molecule has 0 spiro atoms. The average Bonchev–Trinajstić information content (AvgIpc) is 3.36. The van der Waals surface area contributed by atoms with Gasteiger partial charge in [0.25, 0.3) is 5.91 Å². The number of aromatic amines is 1. The van der Waals surface area contributed by atoms with Crippen molar-refractivity contribution >= 4 is 5.91 Å². The van der Waals surface area contributed by atoms with Crippen LogP contribution in [0, 0.1) is 0 Å². The highest BCUT2D eigenvalue weighted by molar-refractivity contribution is 5.95. The van der Waals surface area contributed by atoms with Gasteiger partial charge < -0.3 is 19.5 Å². The molecule has 0 fully saturated rings. The minimum Gasteiger partial charge on any atom is -0.496 e. The van der Waals surface area contributed by atoms with Gasteiger partial charge in [-0.25, -0.2) is 0 Å². The van der Waals surface area contributed by atoms with E-state index in [-0.39, 0.29) is 12.7 Å². The lowest BCUT2D eigenvalue weighted by Crippen LogP contribution is -2.22. The third-order valence-electron chi connectivity index (χ3n) is 4.16. The highest BCUT2D eigenvalue weighted by atomic mass is 16.7. The molecule has 7 heteroatoms. The van der Waals surface area contributed by atoms with Crippen LogP contribution in [0.4, 0.5) is 0 Å². The lowest BCUT2D eigenvalue weighted by molar-refractivity contribution is 0.0950. The van der Waals surface area contributed by atoms with Gasteiger partial charge in [-0.2, -0.15) is 5.10 Å². The fourth-order valence-corrected chi connectivity index (χ4v) is 2.80. The van der Waals surface area contributed by atoms with Crippen LogP contribution >= 0.6 is 0 Å². The van der Waals surface area contributed by atoms with Crippen LogP contribution in [0.25, 0.3) is 11.1 Å². The number of fused-ring (bicyclic) bond motifs is 1. The van der Waals surface area contributed by atoms with E-state index in [0.29, 0.717) is 23.6 Å². The predicted molar refractivity (Wildman–Crippen MR) is 94.3 cm³/mol. The van der Waals surface area contributed by atoms with Gasteiger partial charge in [0.2, 0.25) is 6.79 Å². The molecule has 0 saturated carbocycles. The summed E-state index contributed by atoms with van der Waals surface area (Å²) in [6.07, 6.45) is 3.48. The Morgan fingerprint density at radius 3 is 2.92 bits per heavy atom. The fourth-order valence-electron chi connectivity index (χ4n) is 2.80. The van der Waals surface area contributed by atoms with Crippen molar-refractivity contribution in [3.63, 3.8) is 0 Å².